The van der Waals surface area contributed by atoms with Crippen LogP contribution in [0.3, 0.4) is 0 Å². The predicted octanol–water partition coefficient (Wildman–Crippen LogP) is 5.59. The van der Waals surface area contributed by atoms with Crippen molar-refractivity contribution in [3.8, 4) is 0 Å². The smallest absolute Gasteiger partial charge is 0.0453 e. The highest BCUT2D eigenvalue weighted by molar-refractivity contribution is 6.35. The molecule has 0 saturated heterocycles. The van der Waals surface area contributed by atoms with Crippen molar-refractivity contribution in [3.63, 3.8) is 0 Å². The molecule has 1 aromatic carbocycles. The highest BCUT2D eigenvalue weighted by atomic mass is 35.5. The molecule has 3 heteroatoms. The van der Waals surface area contributed by atoms with Gasteiger partial charge in [-0.1, -0.05) is 50.0 Å². The van der Waals surface area contributed by atoms with Gasteiger partial charge in [-0.05, 0) is 56.2 Å². The number of benzene rings is 1. The molecule has 1 atom stereocenters. The molecule has 114 valence electrons. The van der Waals surface area contributed by atoms with E-state index in [9.17, 15) is 0 Å². The first kappa shape index (κ1) is 17.8. The summed E-state index contributed by atoms with van der Waals surface area (Å²) in [4.78, 5) is 0. The normalized spacial score (nSPS) is 15.4. The van der Waals surface area contributed by atoms with E-state index in [1.54, 1.807) is 0 Å². The molecule has 0 fully saturated rings. The first-order valence-corrected chi connectivity index (χ1v) is 7.98. The van der Waals surface area contributed by atoms with Crippen LogP contribution in [-0.2, 0) is 6.42 Å². The van der Waals surface area contributed by atoms with Crippen molar-refractivity contribution in [2.75, 3.05) is 6.54 Å². The molecule has 0 bridgehead atoms. The molecular formula is C17H27Cl2N. The largest absolute Gasteiger partial charge is 0.312 e. The molecule has 1 N–H and O–H groups in total. The number of rotatable bonds is 5. The zero-order valence-electron chi connectivity index (χ0n) is 13.5. The van der Waals surface area contributed by atoms with Crippen molar-refractivity contribution in [1.29, 1.82) is 0 Å². The molecule has 0 aromatic heterocycles. The number of hydrogen-bond acceptors (Lipinski definition) is 1. The van der Waals surface area contributed by atoms with Crippen molar-refractivity contribution in [3.05, 3.63) is 33.8 Å². The molecule has 0 heterocycles. The highest BCUT2D eigenvalue weighted by Gasteiger charge is 2.30. The molecule has 1 rings (SSSR count). The van der Waals surface area contributed by atoms with E-state index < -0.39 is 0 Å². The van der Waals surface area contributed by atoms with Gasteiger partial charge in [0.2, 0.25) is 0 Å². The monoisotopic (exact) mass is 315 g/mol. The fraction of sp³-hybridized carbons (Fsp3) is 0.647. The summed E-state index contributed by atoms with van der Waals surface area (Å²) in [6.45, 7) is 14.4. The van der Waals surface area contributed by atoms with E-state index in [1.165, 1.54) is 5.56 Å². The molecule has 0 aliphatic rings. The van der Waals surface area contributed by atoms with E-state index in [0.717, 1.165) is 18.0 Å². The Balaban J connectivity index is 2.91. The Morgan fingerprint density at radius 2 is 1.70 bits per heavy atom. The van der Waals surface area contributed by atoms with Crippen LogP contribution in [0.15, 0.2) is 18.2 Å². The molecule has 0 saturated carbocycles. The van der Waals surface area contributed by atoms with Gasteiger partial charge in [-0.2, -0.15) is 0 Å². The lowest BCUT2D eigenvalue weighted by Gasteiger charge is -2.37. The quantitative estimate of drug-likeness (QED) is 0.747. The lowest BCUT2D eigenvalue weighted by Crippen LogP contribution is -2.45. The van der Waals surface area contributed by atoms with Crippen LogP contribution >= 0.6 is 23.2 Å². The minimum atomic E-state index is 0.125. The summed E-state index contributed by atoms with van der Waals surface area (Å²) in [6, 6.07) is 5.79. The summed E-state index contributed by atoms with van der Waals surface area (Å²) in [5.74, 6) is 0.559. The maximum Gasteiger partial charge on any atom is 0.0453 e. The Kier molecular flexibility index (Phi) is 5.95. The standard InChI is InChI=1S/C17H27Cl2N/c1-12(2)17(6,11-20-16(3,4)5)10-13-7-8-14(18)9-15(13)19/h7-9,12,20H,10-11H2,1-6H3. The number of halogens is 2. The third-order valence-corrected chi connectivity index (χ3v) is 4.61. The Morgan fingerprint density at radius 1 is 1.10 bits per heavy atom. The second kappa shape index (κ2) is 6.68. The Labute approximate surface area is 134 Å². The van der Waals surface area contributed by atoms with E-state index in [2.05, 4.69) is 46.9 Å². The Bertz CT molecular complexity index is 449. The van der Waals surface area contributed by atoms with Crippen LogP contribution in [0, 0.1) is 11.3 Å². The molecule has 1 aromatic rings. The van der Waals surface area contributed by atoms with E-state index in [-0.39, 0.29) is 11.0 Å². The van der Waals surface area contributed by atoms with Gasteiger partial charge in [0.25, 0.3) is 0 Å². The van der Waals surface area contributed by atoms with E-state index in [1.807, 2.05) is 18.2 Å². The first-order chi connectivity index (χ1) is 9.03. The molecule has 0 radical (unpaired) electrons. The van der Waals surface area contributed by atoms with Crippen LogP contribution in [0.1, 0.15) is 47.1 Å². The van der Waals surface area contributed by atoms with Gasteiger partial charge in [0.15, 0.2) is 0 Å². The maximum absolute atomic E-state index is 6.33. The summed E-state index contributed by atoms with van der Waals surface area (Å²) in [7, 11) is 0. The first-order valence-electron chi connectivity index (χ1n) is 7.22. The zero-order valence-corrected chi connectivity index (χ0v) is 15.0. The van der Waals surface area contributed by atoms with Crippen molar-refractivity contribution in [1.82, 2.24) is 5.32 Å². The second-order valence-electron chi connectivity index (χ2n) is 7.32. The lowest BCUT2D eigenvalue weighted by molar-refractivity contribution is 0.188. The van der Waals surface area contributed by atoms with E-state index in [0.29, 0.717) is 10.9 Å². The Hall–Kier alpha value is -0.240. The molecule has 1 nitrogen and oxygen atoms in total. The zero-order chi connectivity index (χ0) is 15.6. The van der Waals surface area contributed by atoms with Gasteiger partial charge < -0.3 is 5.32 Å². The Morgan fingerprint density at radius 3 is 2.15 bits per heavy atom. The maximum atomic E-state index is 6.33. The summed E-state index contributed by atoms with van der Waals surface area (Å²) >= 11 is 12.3. The third-order valence-electron chi connectivity index (χ3n) is 4.03. The minimum absolute atomic E-state index is 0.125. The molecule has 0 spiro atoms. The van der Waals surface area contributed by atoms with Crippen molar-refractivity contribution < 1.29 is 0 Å². The lowest BCUT2D eigenvalue weighted by atomic mass is 9.74. The molecule has 0 aliphatic carbocycles. The van der Waals surface area contributed by atoms with Crippen LogP contribution in [0.2, 0.25) is 10.0 Å². The van der Waals surface area contributed by atoms with E-state index in [4.69, 9.17) is 23.2 Å². The summed E-state index contributed by atoms with van der Waals surface area (Å²) in [6.07, 6.45) is 0.948. The summed E-state index contributed by atoms with van der Waals surface area (Å²) in [5, 5.41) is 5.08. The molecule has 0 amide bonds. The average molecular weight is 316 g/mol. The minimum Gasteiger partial charge on any atom is -0.312 e. The third kappa shape index (κ3) is 5.27. The number of hydrogen-bond donors (Lipinski definition) is 1. The van der Waals surface area contributed by atoms with Gasteiger partial charge in [0.1, 0.15) is 0 Å². The SMILES string of the molecule is CC(C)C(C)(CNC(C)(C)C)Cc1ccc(Cl)cc1Cl. The fourth-order valence-electron chi connectivity index (χ4n) is 2.04. The van der Waals surface area contributed by atoms with Crippen molar-refractivity contribution in [2.45, 2.75) is 53.5 Å². The topological polar surface area (TPSA) is 12.0 Å². The van der Waals surface area contributed by atoms with Crippen LogP contribution in [-0.4, -0.2) is 12.1 Å². The second-order valence-corrected chi connectivity index (χ2v) is 8.17. The van der Waals surface area contributed by atoms with Gasteiger partial charge >= 0.3 is 0 Å². The summed E-state index contributed by atoms with van der Waals surface area (Å²) < 4.78 is 0. The highest BCUT2D eigenvalue weighted by Crippen LogP contribution is 2.34. The van der Waals surface area contributed by atoms with Gasteiger partial charge in [-0.15, -0.1) is 0 Å². The van der Waals surface area contributed by atoms with Crippen LogP contribution in [0.5, 0.6) is 0 Å². The number of nitrogens with one attached hydrogen (secondary N) is 1. The van der Waals surface area contributed by atoms with Crippen molar-refractivity contribution in [2.24, 2.45) is 11.3 Å². The van der Waals surface area contributed by atoms with Crippen LogP contribution in [0.25, 0.3) is 0 Å². The van der Waals surface area contributed by atoms with Gasteiger partial charge in [-0.25, -0.2) is 0 Å². The van der Waals surface area contributed by atoms with Crippen LogP contribution < -0.4 is 5.32 Å². The average Bonchev–Trinajstić information content (AvgIpc) is 2.29. The summed E-state index contributed by atoms with van der Waals surface area (Å²) in [5.41, 5.74) is 1.45. The van der Waals surface area contributed by atoms with Crippen LogP contribution in [0.4, 0.5) is 0 Å². The van der Waals surface area contributed by atoms with Crippen molar-refractivity contribution >= 4 is 23.2 Å². The molecule has 0 aliphatic heterocycles. The molecule has 20 heavy (non-hydrogen) atoms. The molecule has 1 unspecified atom stereocenters. The van der Waals surface area contributed by atoms with Gasteiger partial charge in [-0.3, -0.25) is 0 Å². The predicted molar refractivity (Wildman–Crippen MR) is 90.9 cm³/mol. The van der Waals surface area contributed by atoms with Gasteiger partial charge in [0.05, 0.1) is 0 Å². The molecular weight excluding hydrogens is 289 g/mol. The van der Waals surface area contributed by atoms with E-state index >= 15 is 0 Å². The van der Waals surface area contributed by atoms with Gasteiger partial charge in [0, 0.05) is 22.1 Å². The fourth-order valence-corrected chi connectivity index (χ4v) is 2.51.